The highest BCUT2D eigenvalue weighted by atomic mass is 32.2. The second-order valence-electron chi connectivity index (χ2n) is 4.81. The number of thiophene rings is 1. The fourth-order valence-electron chi connectivity index (χ4n) is 2.10. The molecule has 0 unspecified atom stereocenters. The van der Waals surface area contributed by atoms with Gasteiger partial charge in [-0.25, -0.2) is 0 Å². The number of amides is 1. The van der Waals surface area contributed by atoms with Crippen molar-refractivity contribution in [1.29, 1.82) is 5.26 Å². The molecule has 0 saturated heterocycles. The quantitative estimate of drug-likeness (QED) is 0.710. The van der Waals surface area contributed by atoms with Gasteiger partial charge in [0.1, 0.15) is 16.9 Å². The van der Waals surface area contributed by atoms with Crippen molar-refractivity contribution in [2.24, 2.45) is 0 Å². The number of anilines is 1. The number of nitrogens with one attached hydrogen (secondary N) is 1. The molecule has 0 aliphatic heterocycles. The van der Waals surface area contributed by atoms with E-state index < -0.39 is 0 Å². The number of hydrogen-bond donors (Lipinski definition) is 1. The number of aryl methyl sites for hydroxylation is 1. The van der Waals surface area contributed by atoms with Gasteiger partial charge >= 0.3 is 0 Å². The van der Waals surface area contributed by atoms with E-state index in [2.05, 4.69) is 21.6 Å². The Kier molecular flexibility index (Phi) is 4.93. The van der Waals surface area contributed by atoms with Gasteiger partial charge in [-0.1, -0.05) is 30.0 Å². The predicted molar refractivity (Wildman–Crippen MR) is 94.5 cm³/mol. The lowest BCUT2D eigenvalue weighted by Crippen LogP contribution is -2.14. The first kappa shape index (κ1) is 16.2. The Morgan fingerprint density at radius 3 is 2.88 bits per heavy atom. The molecule has 120 valence electrons. The Labute approximate surface area is 147 Å². The van der Waals surface area contributed by atoms with Crippen LogP contribution in [0.15, 0.2) is 46.9 Å². The topological polar surface area (TPSA) is 83.6 Å². The molecule has 0 spiro atoms. The third-order valence-corrected chi connectivity index (χ3v) is 4.94. The van der Waals surface area contributed by atoms with Gasteiger partial charge in [0.05, 0.1) is 11.3 Å². The minimum Gasteiger partial charge on any atom is -0.316 e. The molecule has 0 radical (unpaired) electrons. The summed E-state index contributed by atoms with van der Waals surface area (Å²) in [6.45, 7) is 1.87. The van der Waals surface area contributed by atoms with Crippen molar-refractivity contribution >= 4 is 34.0 Å². The zero-order valence-electron chi connectivity index (χ0n) is 12.8. The van der Waals surface area contributed by atoms with Crippen molar-refractivity contribution < 1.29 is 4.79 Å². The summed E-state index contributed by atoms with van der Waals surface area (Å²) in [5.74, 6) is 0.765. The highest BCUT2D eigenvalue weighted by Gasteiger charge is 2.14. The first-order valence-corrected chi connectivity index (χ1v) is 8.93. The van der Waals surface area contributed by atoms with E-state index in [1.54, 1.807) is 11.4 Å². The van der Waals surface area contributed by atoms with Crippen LogP contribution in [0.5, 0.6) is 0 Å². The molecule has 0 bridgehead atoms. The van der Waals surface area contributed by atoms with Crippen molar-refractivity contribution in [3.8, 4) is 11.8 Å². The molecule has 1 aromatic carbocycles. The lowest BCUT2D eigenvalue weighted by Gasteiger charge is -2.08. The van der Waals surface area contributed by atoms with E-state index in [1.807, 2.05) is 41.8 Å². The highest BCUT2D eigenvalue weighted by molar-refractivity contribution is 7.99. The van der Waals surface area contributed by atoms with E-state index in [1.165, 1.54) is 23.1 Å². The average Bonchev–Trinajstić information content (AvgIpc) is 3.19. The number of rotatable bonds is 5. The molecule has 6 nitrogen and oxygen atoms in total. The number of aromatic nitrogens is 3. The number of nitriles is 1. The molecule has 1 amide bonds. The van der Waals surface area contributed by atoms with E-state index in [4.69, 9.17) is 5.26 Å². The first-order valence-electron chi connectivity index (χ1n) is 7.06. The zero-order chi connectivity index (χ0) is 16.9. The van der Waals surface area contributed by atoms with Gasteiger partial charge in [0, 0.05) is 5.69 Å². The molecule has 1 N–H and O–H groups in total. The lowest BCUT2D eigenvalue weighted by molar-refractivity contribution is -0.113. The largest absolute Gasteiger partial charge is 0.316 e. The maximum atomic E-state index is 12.1. The van der Waals surface area contributed by atoms with Crippen molar-refractivity contribution in [2.45, 2.75) is 12.1 Å². The molecular formula is C16H13N5OS2. The summed E-state index contributed by atoms with van der Waals surface area (Å²) < 4.78 is 1.91. The van der Waals surface area contributed by atoms with Crippen LogP contribution in [0.1, 0.15) is 11.4 Å². The summed E-state index contributed by atoms with van der Waals surface area (Å²) in [5, 5.41) is 23.0. The second-order valence-corrected chi connectivity index (χ2v) is 6.67. The smallest absolute Gasteiger partial charge is 0.235 e. The van der Waals surface area contributed by atoms with Crippen LogP contribution in [0.4, 0.5) is 5.00 Å². The van der Waals surface area contributed by atoms with Gasteiger partial charge in [0.15, 0.2) is 5.16 Å². The number of para-hydroxylation sites is 1. The number of nitrogens with zero attached hydrogens (tertiary/aromatic N) is 4. The van der Waals surface area contributed by atoms with Gasteiger partial charge in [-0.05, 0) is 30.5 Å². The third-order valence-electron chi connectivity index (χ3n) is 3.18. The SMILES string of the molecule is Cc1nnc(SCC(=O)Nc2sccc2C#N)n1-c1ccccc1. The van der Waals surface area contributed by atoms with Crippen LogP contribution in [-0.2, 0) is 4.79 Å². The van der Waals surface area contributed by atoms with Gasteiger partial charge in [0.25, 0.3) is 0 Å². The van der Waals surface area contributed by atoms with E-state index in [9.17, 15) is 4.79 Å². The molecule has 2 aromatic heterocycles. The Hall–Kier alpha value is -2.63. The fraction of sp³-hybridized carbons (Fsp3) is 0.125. The minimum absolute atomic E-state index is 0.181. The van der Waals surface area contributed by atoms with Crippen molar-refractivity contribution in [1.82, 2.24) is 14.8 Å². The Bertz CT molecular complexity index is 895. The average molecular weight is 355 g/mol. The van der Waals surface area contributed by atoms with Gasteiger partial charge in [-0.3, -0.25) is 9.36 Å². The molecule has 0 aliphatic rings. The molecule has 0 fully saturated rings. The molecule has 8 heteroatoms. The number of benzene rings is 1. The number of carbonyl (C=O) groups is 1. The maximum Gasteiger partial charge on any atom is 0.235 e. The summed E-state index contributed by atoms with van der Waals surface area (Å²) in [4.78, 5) is 12.1. The third kappa shape index (κ3) is 3.48. The highest BCUT2D eigenvalue weighted by Crippen LogP contribution is 2.24. The van der Waals surface area contributed by atoms with Crippen molar-refractivity contribution in [2.75, 3.05) is 11.1 Å². The van der Waals surface area contributed by atoms with E-state index in [0.717, 1.165) is 11.5 Å². The van der Waals surface area contributed by atoms with Crippen LogP contribution < -0.4 is 5.32 Å². The number of carbonyl (C=O) groups excluding carboxylic acids is 1. The second kappa shape index (κ2) is 7.29. The number of hydrogen-bond acceptors (Lipinski definition) is 6. The van der Waals surface area contributed by atoms with E-state index in [0.29, 0.717) is 15.7 Å². The normalized spacial score (nSPS) is 10.3. The summed E-state index contributed by atoms with van der Waals surface area (Å²) >= 11 is 2.64. The van der Waals surface area contributed by atoms with Crippen LogP contribution in [0.3, 0.4) is 0 Å². The monoisotopic (exact) mass is 355 g/mol. The summed E-state index contributed by atoms with van der Waals surface area (Å²) in [5.41, 5.74) is 1.43. The molecule has 0 aliphatic carbocycles. The Balaban J connectivity index is 1.70. The van der Waals surface area contributed by atoms with Crippen LogP contribution in [0.25, 0.3) is 5.69 Å². The van der Waals surface area contributed by atoms with Gasteiger partial charge in [-0.15, -0.1) is 21.5 Å². The van der Waals surface area contributed by atoms with Crippen LogP contribution in [0.2, 0.25) is 0 Å². The zero-order valence-corrected chi connectivity index (χ0v) is 14.4. The van der Waals surface area contributed by atoms with E-state index >= 15 is 0 Å². The van der Waals surface area contributed by atoms with Gasteiger partial charge in [-0.2, -0.15) is 5.26 Å². The summed E-state index contributed by atoms with van der Waals surface area (Å²) in [7, 11) is 0. The minimum atomic E-state index is -0.181. The molecule has 24 heavy (non-hydrogen) atoms. The van der Waals surface area contributed by atoms with E-state index in [-0.39, 0.29) is 11.7 Å². The molecule has 2 heterocycles. The lowest BCUT2D eigenvalue weighted by atomic mass is 10.3. The summed E-state index contributed by atoms with van der Waals surface area (Å²) in [6, 6.07) is 13.5. The molecule has 0 atom stereocenters. The van der Waals surface area contributed by atoms with Crippen LogP contribution >= 0.6 is 23.1 Å². The molecule has 3 rings (SSSR count). The first-order chi connectivity index (χ1) is 11.7. The standard InChI is InChI=1S/C16H13N5OS2/c1-11-19-20-16(21(11)13-5-3-2-4-6-13)24-10-14(22)18-15-12(9-17)7-8-23-15/h2-8H,10H2,1H3,(H,18,22). The Morgan fingerprint density at radius 2 is 2.12 bits per heavy atom. The van der Waals surface area contributed by atoms with Gasteiger partial charge in [0.2, 0.25) is 5.91 Å². The molecular weight excluding hydrogens is 342 g/mol. The molecule has 0 saturated carbocycles. The van der Waals surface area contributed by atoms with Crippen molar-refractivity contribution in [3.05, 3.63) is 53.2 Å². The maximum absolute atomic E-state index is 12.1. The van der Waals surface area contributed by atoms with Crippen LogP contribution in [-0.4, -0.2) is 26.4 Å². The predicted octanol–water partition coefficient (Wildman–Crippen LogP) is 3.24. The van der Waals surface area contributed by atoms with Crippen molar-refractivity contribution in [3.63, 3.8) is 0 Å². The Morgan fingerprint density at radius 1 is 1.33 bits per heavy atom. The summed E-state index contributed by atoms with van der Waals surface area (Å²) in [6.07, 6.45) is 0. The fourth-order valence-corrected chi connectivity index (χ4v) is 3.65. The number of thioether (sulfide) groups is 1. The van der Waals surface area contributed by atoms with Gasteiger partial charge < -0.3 is 5.32 Å². The molecule has 3 aromatic rings. The van der Waals surface area contributed by atoms with Crippen LogP contribution in [0, 0.1) is 18.3 Å².